The van der Waals surface area contributed by atoms with Gasteiger partial charge in [0.2, 0.25) is 0 Å². The lowest BCUT2D eigenvalue weighted by molar-refractivity contribution is 0.173. The van der Waals surface area contributed by atoms with Crippen LogP contribution < -0.4 is 15.4 Å². The Bertz CT molecular complexity index is 677. The lowest BCUT2D eigenvalue weighted by Crippen LogP contribution is -2.38. The lowest BCUT2D eigenvalue weighted by atomic mass is 10.1. The number of amides is 2. The van der Waals surface area contributed by atoms with Crippen LogP contribution in [-0.2, 0) is 6.42 Å². The number of hydrogen-bond donors (Lipinski definition) is 3. The zero-order chi connectivity index (χ0) is 18.1. The van der Waals surface area contributed by atoms with Gasteiger partial charge in [0.05, 0.1) is 12.7 Å². The van der Waals surface area contributed by atoms with Gasteiger partial charge in [-0.15, -0.1) is 0 Å². The summed E-state index contributed by atoms with van der Waals surface area (Å²) < 4.78 is 18.4. The molecule has 0 radical (unpaired) electrons. The molecule has 0 heterocycles. The second-order valence-electron chi connectivity index (χ2n) is 5.49. The fourth-order valence-corrected chi connectivity index (χ4v) is 2.37. The molecule has 5 nitrogen and oxygen atoms in total. The maximum atomic E-state index is 12.8. The molecule has 25 heavy (non-hydrogen) atoms. The number of hydrogen-bond acceptors (Lipinski definition) is 3. The van der Waals surface area contributed by atoms with Gasteiger partial charge in [-0.3, -0.25) is 0 Å². The number of urea groups is 1. The van der Waals surface area contributed by atoms with Crippen molar-refractivity contribution in [1.29, 1.82) is 0 Å². The molecular formula is C19H23FN2O3. The van der Waals surface area contributed by atoms with Gasteiger partial charge in [-0.05, 0) is 42.7 Å². The van der Waals surface area contributed by atoms with Crippen LogP contribution in [0.25, 0.3) is 0 Å². The maximum absolute atomic E-state index is 12.8. The van der Waals surface area contributed by atoms with Gasteiger partial charge in [0.1, 0.15) is 11.6 Å². The molecule has 1 atom stereocenters. The molecule has 2 amide bonds. The highest BCUT2D eigenvalue weighted by molar-refractivity contribution is 5.73. The molecular weight excluding hydrogens is 323 g/mol. The summed E-state index contributed by atoms with van der Waals surface area (Å²) in [6, 6.07) is 12.9. The quantitative estimate of drug-likeness (QED) is 0.688. The Hall–Kier alpha value is -2.60. The summed E-state index contributed by atoms with van der Waals surface area (Å²) >= 11 is 0. The van der Waals surface area contributed by atoms with Crippen molar-refractivity contribution in [2.24, 2.45) is 0 Å². The van der Waals surface area contributed by atoms with Gasteiger partial charge in [0.15, 0.2) is 0 Å². The summed E-state index contributed by atoms with van der Waals surface area (Å²) in [5, 5.41) is 15.3. The third kappa shape index (κ3) is 6.08. The highest BCUT2D eigenvalue weighted by Crippen LogP contribution is 2.18. The second kappa shape index (κ2) is 9.64. The molecule has 0 fully saturated rings. The van der Waals surface area contributed by atoms with E-state index < -0.39 is 6.10 Å². The van der Waals surface area contributed by atoms with E-state index in [1.54, 1.807) is 0 Å². The number of para-hydroxylation sites is 1. The first-order valence-electron chi connectivity index (χ1n) is 8.26. The summed E-state index contributed by atoms with van der Waals surface area (Å²) in [7, 11) is 0. The Kier molecular flexibility index (Phi) is 7.22. The molecule has 0 aliphatic rings. The van der Waals surface area contributed by atoms with Crippen molar-refractivity contribution in [3.8, 4) is 5.75 Å². The van der Waals surface area contributed by atoms with Gasteiger partial charge < -0.3 is 20.5 Å². The van der Waals surface area contributed by atoms with Crippen LogP contribution in [0.5, 0.6) is 5.75 Å². The van der Waals surface area contributed by atoms with Crippen LogP contribution in [0.3, 0.4) is 0 Å². The van der Waals surface area contributed by atoms with Crippen molar-refractivity contribution in [3.63, 3.8) is 0 Å². The van der Waals surface area contributed by atoms with Crippen LogP contribution in [0.2, 0.25) is 0 Å². The molecule has 0 aliphatic carbocycles. The van der Waals surface area contributed by atoms with Crippen LogP contribution in [0.4, 0.5) is 9.18 Å². The molecule has 0 aliphatic heterocycles. The molecule has 2 aromatic carbocycles. The zero-order valence-electron chi connectivity index (χ0n) is 14.2. The fourth-order valence-electron chi connectivity index (χ4n) is 2.37. The topological polar surface area (TPSA) is 70.6 Å². The molecule has 0 aromatic heterocycles. The van der Waals surface area contributed by atoms with Gasteiger partial charge in [-0.1, -0.05) is 30.3 Å². The van der Waals surface area contributed by atoms with E-state index in [1.165, 1.54) is 24.3 Å². The summed E-state index contributed by atoms with van der Waals surface area (Å²) in [4.78, 5) is 11.8. The third-order valence-electron chi connectivity index (χ3n) is 3.66. The van der Waals surface area contributed by atoms with E-state index in [0.29, 0.717) is 25.1 Å². The smallest absolute Gasteiger partial charge is 0.314 e. The van der Waals surface area contributed by atoms with Gasteiger partial charge in [-0.25, -0.2) is 9.18 Å². The molecule has 0 saturated carbocycles. The van der Waals surface area contributed by atoms with E-state index in [2.05, 4.69) is 10.6 Å². The summed E-state index contributed by atoms with van der Waals surface area (Å²) in [6.07, 6.45) is -0.241. The van der Waals surface area contributed by atoms with E-state index in [4.69, 9.17) is 4.74 Å². The largest absolute Gasteiger partial charge is 0.494 e. The lowest BCUT2D eigenvalue weighted by Gasteiger charge is -2.14. The minimum Gasteiger partial charge on any atom is -0.494 e. The Morgan fingerprint density at radius 3 is 2.60 bits per heavy atom. The molecule has 3 N–H and O–H groups in total. The predicted octanol–water partition coefficient (Wildman–Crippen LogP) is 2.80. The number of benzene rings is 2. The zero-order valence-corrected chi connectivity index (χ0v) is 14.2. The van der Waals surface area contributed by atoms with Crippen molar-refractivity contribution in [2.75, 3.05) is 19.7 Å². The third-order valence-corrected chi connectivity index (χ3v) is 3.66. The van der Waals surface area contributed by atoms with Crippen molar-refractivity contribution in [1.82, 2.24) is 10.6 Å². The summed E-state index contributed by atoms with van der Waals surface area (Å²) in [5.74, 6) is 0.452. The van der Waals surface area contributed by atoms with Crippen LogP contribution in [-0.4, -0.2) is 30.8 Å². The number of aliphatic hydroxyl groups is 1. The van der Waals surface area contributed by atoms with Gasteiger partial charge in [0, 0.05) is 13.1 Å². The predicted molar refractivity (Wildman–Crippen MR) is 94.1 cm³/mol. The van der Waals surface area contributed by atoms with Gasteiger partial charge in [-0.2, -0.15) is 0 Å². The van der Waals surface area contributed by atoms with Crippen molar-refractivity contribution in [3.05, 3.63) is 65.5 Å². The SMILES string of the molecule is CCOc1ccccc1CCNC(=O)NCC(O)c1ccc(F)cc1. The van der Waals surface area contributed by atoms with E-state index in [0.717, 1.165) is 11.3 Å². The van der Waals surface area contributed by atoms with Crippen molar-refractivity contribution in [2.45, 2.75) is 19.4 Å². The highest BCUT2D eigenvalue weighted by Gasteiger charge is 2.09. The van der Waals surface area contributed by atoms with Crippen LogP contribution in [0.15, 0.2) is 48.5 Å². The molecule has 1 unspecified atom stereocenters. The normalized spacial score (nSPS) is 11.6. The first-order valence-corrected chi connectivity index (χ1v) is 8.26. The highest BCUT2D eigenvalue weighted by atomic mass is 19.1. The number of halogens is 1. The van der Waals surface area contributed by atoms with E-state index in [1.807, 2.05) is 31.2 Å². The van der Waals surface area contributed by atoms with Crippen molar-refractivity contribution < 1.29 is 19.0 Å². The van der Waals surface area contributed by atoms with E-state index >= 15 is 0 Å². The standard InChI is InChI=1S/C19H23FN2O3/c1-2-25-18-6-4-3-5-15(18)11-12-21-19(24)22-13-17(23)14-7-9-16(20)10-8-14/h3-10,17,23H,2,11-13H2,1H3,(H2,21,22,24). The molecule has 0 saturated heterocycles. The summed E-state index contributed by atoms with van der Waals surface area (Å²) in [6.45, 7) is 3.01. The minimum atomic E-state index is -0.884. The van der Waals surface area contributed by atoms with Gasteiger partial charge in [0.25, 0.3) is 0 Å². The minimum absolute atomic E-state index is 0.0486. The van der Waals surface area contributed by atoms with Gasteiger partial charge >= 0.3 is 6.03 Å². The molecule has 2 aromatic rings. The van der Waals surface area contributed by atoms with E-state index in [9.17, 15) is 14.3 Å². The number of ether oxygens (including phenoxy) is 1. The molecule has 2 rings (SSSR count). The Morgan fingerprint density at radius 2 is 1.88 bits per heavy atom. The molecule has 0 bridgehead atoms. The molecule has 134 valence electrons. The van der Waals surface area contributed by atoms with E-state index in [-0.39, 0.29) is 18.4 Å². The number of carbonyl (C=O) groups is 1. The second-order valence-corrected chi connectivity index (χ2v) is 5.49. The average Bonchev–Trinajstić information content (AvgIpc) is 2.62. The van der Waals surface area contributed by atoms with Crippen LogP contribution in [0.1, 0.15) is 24.2 Å². The molecule has 6 heteroatoms. The maximum Gasteiger partial charge on any atom is 0.314 e. The first kappa shape index (κ1) is 18.7. The number of rotatable bonds is 8. The van der Waals surface area contributed by atoms with Crippen LogP contribution >= 0.6 is 0 Å². The Labute approximate surface area is 146 Å². The summed E-state index contributed by atoms with van der Waals surface area (Å²) in [5.41, 5.74) is 1.57. The Balaban J connectivity index is 1.73. The van der Waals surface area contributed by atoms with Crippen molar-refractivity contribution >= 4 is 6.03 Å². The monoisotopic (exact) mass is 346 g/mol. The molecule has 0 spiro atoms. The van der Waals surface area contributed by atoms with Crippen LogP contribution in [0, 0.1) is 5.82 Å². The average molecular weight is 346 g/mol. The number of nitrogens with one attached hydrogen (secondary N) is 2. The Morgan fingerprint density at radius 1 is 1.16 bits per heavy atom. The first-order chi connectivity index (χ1) is 12.1. The number of carbonyl (C=O) groups excluding carboxylic acids is 1. The fraction of sp³-hybridized carbons (Fsp3) is 0.316. The number of aliphatic hydroxyl groups excluding tert-OH is 1.